The molecule has 3 aromatic carbocycles. The van der Waals surface area contributed by atoms with E-state index in [-0.39, 0.29) is 33.2 Å². The Labute approximate surface area is 159 Å². The van der Waals surface area contributed by atoms with E-state index in [2.05, 4.69) is 0 Å². The maximum atomic E-state index is 12.9. The van der Waals surface area contributed by atoms with Gasteiger partial charge >= 0.3 is 10.1 Å². The minimum Gasteiger partial charge on any atom is -0.379 e. The molecule has 0 aliphatic carbocycles. The zero-order chi connectivity index (χ0) is 20.3. The summed E-state index contributed by atoms with van der Waals surface area (Å²) in [6.07, 6.45) is 0. The smallest absolute Gasteiger partial charge is 0.339 e. The fraction of sp³-hybridized carbons (Fsp3) is 0. The number of hydrogen-bond acceptors (Lipinski definition) is 6. The van der Waals surface area contributed by atoms with Crippen molar-refractivity contribution >= 4 is 21.6 Å². The Morgan fingerprint density at radius 3 is 1.86 bits per heavy atom. The molecule has 0 N–H and O–H groups in total. The molecule has 0 aliphatic rings. The quantitative estimate of drug-likeness (QED) is 0.270. The van der Waals surface area contributed by atoms with Gasteiger partial charge in [-0.1, -0.05) is 0 Å². The minimum atomic E-state index is -4.20. The van der Waals surface area contributed by atoms with Gasteiger partial charge in [-0.3, -0.25) is 14.9 Å². The normalized spacial score (nSPS) is 11.0. The first-order valence-electron chi connectivity index (χ1n) is 7.85. The Morgan fingerprint density at radius 2 is 1.36 bits per heavy atom. The largest absolute Gasteiger partial charge is 0.379 e. The molecule has 0 saturated heterocycles. The Hall–Kier alpha value is -3.59. The van der Waals surface area contributed by atoms with Gasteiger partial charge in [-0.05, 0) is 60.7 Å². The predicted octanol–water partition coefficient (Wildman–Crippen LogP) is 3.73. The summed E-state index contributed by atoms with van der Waals surface area (Å²) in [5.41, 5.74) is 0.308. The van der Waals surface area contributed by atoms with Crippen LogP contribution in [0.25, 0.3) is 0 Å². The van der Waals surface area contributed by atoms with E-state index in [1.54, 1.807) is 0 Å². The third-order valence-corrected chi connectivity index (χ3v) is 5.03. The number of nitrogens with zero attached hydrogens (tertiary/aromatic N) is 1. The van der Waals surface area contributed by atoms with Gasteiger partial charge in [0.15, 0.2) is 5.78 Å². The van der Waals surface area contributed by atoms with Crippen molar-refractivity contribution in [2.45, 2.75) is 4.90 Å². The number of benzene rings is 3. The average molecular weight is 401 g/mol. The minimum absolute atomic E-state index is 0.0333. The van der Waals surface area contributed by atoms with Gasteiger partial charge < -0.3 is 4.18 Å². The molecule has 0 aromatic heterocycles. The summed E-state index contributed by atoms with van der Waals surface area (Å²) < 4.78 is 42.5. The highest BCUT2D eigenvalue weighted by Gasteiger charge is 2.18. The van der Waals surface area contributed by atoms with Crippen LogP contribution >= 0.6 is 0 Å². The van der Waals surface area contributed by atoms with Crippen molar-refractivity contribution in [3.63, 3.8) is 0 Å². The summed E-state index contributed by atoms with van der Waals surface area (Å²) in [5.74, 6) is -0.851. The van der Waals surface area contributed by atoms with Gasteiger partial charge in [-0.25, -0.2) is 4.39 Å². The number of rotatable bonds is 6. The molecule has 9 heteroatoms. The van der Waals surface area contributed by atoms with Crippen molar-refractivity contribution in [1.82, 2.24) is 0 Å². The zero-order valence-electron chi connectivity index (χ0n) is 14.1. The highest BCUT2D eigenvalue weighted by atomic mass is 32.2. The highest BCUT2D eigenvalue weighted by molar-refractivity contribution is 7.87. The Balaban J connectivity index is 1.77. The van der Waals surface area contributed by atoms with E-state index in [0.29, 0.717) is 0 Å². The molecule has 0 spiro atoms. The lowest BCUT2D eigenvalue weighted by molar-refractivity contribution is -0.384. The molecule has 0 heterocycles. The maximum Gasteiger partial charge on any atom is 0.339 e. The number of ketones is 1. The van der Waals surface area contributed by atoms with Crippen molar-refractivity contribution in [2.24, 2.45) is 0 Å². The molecule has 3 rings (SSSR count). The molecule has 0 radical (unpaired) electrons. The number of non-ortho nitro benzene ring substituents is 1. The zero-order valence-corrected chi connectivity index (χ0v) is 14.9. The van der Waals surface area contributed by atoms with Gasteiger partial charge in [0.1, 0.15) is 16.5 Å². The van der Waals surface area contributed by atoms with E-state index in [1.165, 1.54) is 48.5 Å². The summed E-state index contributed by atoms with van der Waals surface area (Å²) in [4.78, 5) is 22.1. The molecule has 0 fully saturated rings. The van der Waals surface area contributed by atoms with Crippen molar-refractivity contribution in [3.8, 4) is 5.75 Å². The number of nitro groups is 1. The summed E-state index contributed by atoms with van der Waals surface area (Å²) >= 11 is 0. The van der Waals surface area contributed by atoms with E-state index < -0.39 is 20.9 Å². The third-order valence-electron chi connectivity index (χ3n) is 3.77. The lowest BCUT2D eigenvalue weighted by Gasteiger charge is -2.08. The SMILES string of the molecule is O=C(c1ccc(F)cc1)c1ccc(OS(=O)(=O)c2ccc([N+](=O)[O-])cc2)cc1. The number of nitro benzene ring substituents is 1. The van der Waals surface area contributed by atoms with Crippen LogP contribution in [0.2, 0.25) is 0 Å². The molecule has 3 aromatic rings. The predicted molar refractivity (Wildman–Crippen MR) is 97.2 cm³/mol. The molecular weight excluding hydrogens is 389 g/mol. The van der Waals surface area contributed by atoms with Gasteiger partial charge in [0.2, 0.25) is 0 Å². The second-order valence-electron chi connectivity index (χ2n) is 5.65. The van der Waals surface area contributed by atoms with Crippen molar-refractivity contribution < 1.29 is 26.7 Å². The molecule has 0 amide bonds. The first kappa shape index (κ1) is 19.2. The van der Waals surface area contributed by atoms with Gasteiger partial charge in [-0.15, -0.1) is 0 Å². The summed E-state index contributed by atoms with van der Waals surface area (Å²) in [6, 6.07) is 14.7. The van der Waals surface area contributed by atoms with Gasteiger partial charge in [0.25, 0.3) is 5.69 Å². The Bertz CT molecular complexity index is 1120. The van der Waals surface area contributed by atoms with Crippen molar-refractivity contribution in [1.29, 1.82) is 0 Å². The van der Waals surface area contributed by atoms with Crippen LogP contribution in [0.3, 0.4) is 0 Å². The van der Waals surface area contributed by atoms with Gasteiger partial charge in [0.05, 0.1) is 4.92 Å². The van der Waals surface area contributed by atoms with E-state index in [0.717, 1.165) is 24.3 Å². The second kappa shape index (κ2) is 7.57. The maximum absolute atomic E-state index is 12.9. The highest BCUT2D eigenvalue weighted by Crippen LogP contribution is 2.22. The van der Waals surface area contributed by atoms with Gasteiger partial charge in [0, 0.05) is 23.3 Å². The monoisotopic (exact) mass is 401 g/mol. The molecule has 0 unspecified atom stereocenters. The molecule has 0 saturated carbocycles. The fourth-order valence-corrected chi connectivity index (χ4v) is 3.27. The van der Waals surface area contributed by atoms with E-state index in [4.69, 9.17) is 4.18 Å². The number of hydrogen-bond donors (Lipinski definition) is 0. The van der Waals surface area contributed by atoms with Crippen LogP contribution in [0, 0.1) is 15.9 Å². The molecule has 0 atom stereocenters. The van der Waals surface area contributed by atoms with Crippen LogP contribution in [-0.2, 0) is 10.1 Å². The van der Waals surface area contributed by atoms with Crippen LogP contribution in [0.4, 0.5) is 10.1 Å². The van der Waals surface area contributed by atoms with Crippen LogP contribution in [0.5, 0.6) is 5.75 Å². The molecule has 0 aliphatic heterocycles. The van der Waals surface area contributed by atoms with E-state index >= 15 is 0 Å². The summed E-state index contributed by atoms with van der Waals surface area (Å²) in [7, 11) is -4.20. The Kier molecular flexibility index (Phi) is 5.18. The molecular formula is C19H12FNO6S. The van der Waals surface area contributed by atoms with E-state index in [9.17, 15) is 27.7 Å². The molecule has 142 valence electrons. The van der Waals surface area contributed by atoms with E-state index in [1.807, 2.05) is 0 Å². The van der Waals surface area contributed by atoms with Crippen molar-refractivity contribution in [2.75, 3.05) is 0 Å². The first-order valence-corrected chi connectivity index (χ1v) is 9.26. The molecule has 28 heavy (non-hydrogen) atoms. The number of halogens is 1. The third kappa shape index (κ3) is 4.21. The lowest BCUT2D eigenvalue weighted by Crippen LogP contribution is -2.10. The van der Waals surface area contributed by atoms with Crippen molar-refractivity contribution in [3.05, 3.63) is 99.9 Å². The van der Waals surface area contributed by atoms with Crippen LogP contribution in [0.1, 0.15) is 15.9 Å². The Morgan fingerprint density at radius 1 is 0.857 bits per heavy atom. The summed E-state index contributed by atoms with van der Waals surface area (Å²) in [6.45, 7) is 0. The molecule has 0 bridgehead atoms. The number of carbonyl (C=O) groups excluding carboxylic acids is 1. The van der Waals surface area contributed by atoms with Gasteiger partial charge in [-0.2, -0.15) is 8.42 Å². The summed E-state index contributed by atoms with van der Waals surface area (Å²) in [5, 5.41) is 10.6. The second-order valence-corrected chi connectivity index (χ2v) is 7.20. The average Bonchev–Trinajstić information content (AvgIpc) is 2.68. The van der Waals surface area contributed by atoms with Crippen LogP contribution in [-0.4, -0.2) is 19.1 Å². The topological polar surface area (TPSA) is 104 Å². The fourth-order valence-electron chi connectivity index (χ4n) is 2.34. The lowest BCUT2D eigenvalue weighted by atomic mass is 10.0. The standard InChI is InChI=1S/C19H12FNO6S/c20-15-5-1-13(2-6-15)19(22)14-3-9-17(10-4-14)27-28(25,26)18-11-7-16(8-12-18)21(23)24/h1-12H. The molecule has 7 nitrogen and oxygen atoms in total. The van der Waals surface area contributed by atoms with Crippen LogP contribution in [0.15, 0.2) is 77.7 Å². The first-order chi connectivity index (χ1) is 13.3. The van der Waals surface area contributed by atoms with Crippen LogP contribution < -0.4 is 4.18 Å². The number of carbonyl (C=O) groups is 1.